The van der Waals surface area contributed by atoms with Crippen molar-refractivity contribution in [2.24, 2.45) is 5.92 Å². The first-order valence-corrected chi connectivity index (χ1v) is 14.2. The normalized spacial score (nSPS) is 17.1. The fourth-order valence-corrected chi connectivity index (χ4v) is 5.83. The molecule has 3 aromatic carbocycles. The van der Waals surface area contributed by atoms with E-state index in [1.54, 1.807) is 0 Å². The molecule has 1 fully saturated rings. The zero-order chi connectivity index (χ0) is 27.5. The second-order valence-electron chi connectivity index (χ2n) is 11.0. The van der Waals surface area contributed by atoms with E-state index in [4.69, 9.17) is 9.97 Å². The summed E-state index contributed by atoms with van der Waals surface area (Å²) >= 11 is 0. The van der Waals surface area contributed by atoms with E-state index in [1.807, 2.05) is 67.7 Å². The molecule has 0 unspecified atom stereocenters. The van der Waals surface area contributed by atoms with Crippen molar-refractivity contribution in [3.8, 4) is 0 Å². The van der Waals surface area contributed by atoms with E-state index in [2.05, 4.69) is 51.6 Å². The molecule has 5 aromatic rings. The van der Waals surface area contributed by atoms with Crippen LogP contribution >= 0.6 is 0 Å². The SMILES string of the molecule is CN(C)c1nc(NC2CCC(CNC(=O)c3cn(Cc4ccccc4)c4ccccc34)CC2)nc2ccccc12. The van der Waals surface area contributed by atoms with Gasteiger partial charge in [0.1, 0.15) is 5.82 Å². The Balaban J connectivity index is 1.06. The van der Waals surface area contributed by atoms with Gasteiger partial charge in [-0.2, -0.15) is 4.98 Å². The molecular formula is C33H36N6O. The summed E-state index contributed by atoms with van der Waals surface area (Å²) in [5.74, 6) is 2.08. The van der Waals surface area contributed by atoms with Gasteiger partial charge in [0.15, 0.2) is 0 Å². The summed E-state index contributed by atoms with van der Waals surface area (Å²) < 4.78 is 2.17. The van der Waals surface area contributed by atoms with Crippen LogP contribution in [0.4, 0.5) is 11.8 Å². The van der Waals surface area contributed by atoms with Gasteiger partial charge in [0.05, 0.1) is 11.1 Å². The Morgan fingerprint density at radius 2 is 1.57 bits per heavy atom. The van der Waals surface area contributed by atoms with Crippen LogP contribution in [0, 0.1) is 5.92 Å². The first-order valence-electron chi connectivity index (χ1n) is 14.2. The molecule has 2 N–H and O–H groups in total. The van der Waals surface area contributed by atoms with Gasteiger partial charge < -0.3 is 20.1 Å². The van der Waals surface area contributed by atoms with Gasteiger partial charge >= 0.3 is 0 Å². The van der Waals surface area contributed by atoms with Crippen molar-refractivity contribution in [2.75, 3.05) is 30.9 Å². The summed E-state index contributed by atoms with van der Waals surface area (Å²) in [7, 11) is 4.03. The summed E-state index contributed by atoms with van der Waals surface area (Å²) in [4.78, 5) is 24.9. The van der Waals surface area contributed by atoms with Gasteiger partial charge in [-0.1, -0.05) is 60.7 Å². The van der Waals surface area contributed by atoms with Crippen LogP contribution in [0.25, 0.3) is 21.8 Å². The molecule has 7 heteroatoms. The van der Waals surface area contributed by atoms with E-state index >= 15 is 0 Å². The molecule has 1 saturated carbocycles. The first-order chi connectivity index (χ1) is 19.5. The number of amides is 1. The van der Waals surface area contributed by atoms with Gasteiger partial charge in [-0.05, 0) is 55.4 Å². The average Bonchev–Trinajstić information content (AvgIpc) is 3.35. The second kappa shape index (κ2) is 11.4. The third-order valence-corrected chi connectivity index (χ3v) is 7.97. The summed E-state index contributed by atoms with van der Waals surface area (Å²) in [6.07, 6.45) is 6.18. The highest BCUT2D eigenvalue weighted by atomic mass is 16.1. The van der Waals surface area contributed by atoms with E-state index in [1.165, 1.54) is 5.56 Å². The quantitative estimate of drug-likeness (QED) is 0.253. The minimum atomic E-state index is 0.00374. The zero-order valence-electron chi connectivity index (χ0n) is 23.2. The molecule has 7 nitrogen and oxygen atoms in total. The topological polar surface area (TPSA) is 75.1 Å². The highest BCUT2D eigenvalue weighted by Gasteiger charge is 2.24. The smallest absolute Gasteiger partial charge is 0.253 e. The van der Waals surface area contributed by atoms with Gasteiger partial charge in [-0.15, -0.1) is 0 Å². The molecule has 1 aliphatic rings. The second-order valence-corrected chi connectivity index (χ2v) is 11.0. The van der Waals surface area contributed by atoms with Crippen LogP contribution < -0.4 is 15.5 Å². The number of fused-ring (bicyclic) bond motifs is 2. The van der Waals surface area contributed by atoms with Crippen molar-refractivity contribution in [3.63, 3.8) is 0 Å². The number of carbonyl (C=O) groups is 1. The van der Waals surface area contributed by atoms with Crippen molar-refractivity contribution in [1.29, 1.82) is 0 Å². The fourth-order valence-electron chi connectivity index (χ4n) is 5.83. The van der Waals surface area contributed by atoms with Crippen molar-refractivity contribution >= 4 is 39.5 Å². The van der Waals surface area contributed by atoms with E-state index in [-0.39, 0.29) is 5.91 Å². The monoisotopic (exact) mass is 532 g/mol. The highest BCUT2D eigenvalue weighted by Crippen LogP contribution is 2.29. The minimum Gasteiger partial charge on any atom is -0.362 e. The Morgan fingerprint density at radius 1 is 0.875 bits per heavy atom. The Bertz CT molecular complexity index is 1620. The predicted octanol–water partition coefficient (Wildman–Crippen LogP) is 6.10. The van der Waals surface area contributed by atoms with Crippen LogP contribution in [0.5, 0.6) is 0 Å². The van der Waals surface area contributed by atoms with Gasteiger partial charge in [0, 0.05) is 55.7 Å². The molecule has 40 heavy (non-hydrogen) atoms. The van der Waals surface area contributed by atoms with Crippen molar-refractivity contribution < 1.29 is 4.79 Å². The van der Waals surface area contributed by atoms with Gasteiger partial charge in [-0.3, -0.25) is 4.79 Å². The fraction of sp³-hybridized carbons (Fsp3) is 0.303. The maximum absolute atomic E-state index is 13.3. The standard InChI is InChI=1S/C33H36N6O/c1-38(2)31-27-13-6-8-14-29(27)36-33(37-31)35-25-18-16-23(17-19-25)20-34-32(40)28-22-39(21-24-10-4-3-5-11-24)30-15-9-7-12-26(28)30/h3-15,22-23,25H,16-21H2,1-2H3,(H,34,40)(H,35,36,37). The Kier molecular flexibility index (Phi) is 7.36. The number of nitrogens with one attached hydrogen (secondary N) is 2. The number of para-hydroxylation sites is 2. The van der Waals surface area contributed by atoms with Crippen LogP contribution in [0.1, 0.15) is 41.6 Å². The molecule has 0 aliphatic heterocycles. The summed E-state index contributed by atoms with van der Waals surface area (Å²) in [5.41, 5.74) is 3.99. The third kappa shape index (κ3) is 5.50. The molecule has 0 spiro atoms. The number of benzene rings is 3. The number of aromatic nitrogens is 3. The highest BCUT2D eigenvalue weighted by molar-refractivity contribution is 6.07. The third-order valence-electron chi connectivity index (χ3n) is 7.97. The van der Waals surface area contributed by atoms with Crippen LogP contribution in [-0.2, 0) is 6.54 Å². The van der Waals surface area contributed by atoms with E-state index < -0.39 is 0 Å². The van der Waals surface area contributed by atoms with E-state index in [0.29, 0.717) is 24.5 Å². The van der Waals surface area contributed by atoms with E-state index in [0.717, 1.165) is 65.4 Å². The van der Waals surface area contributed by atoms with Crippen LogP contribution in [-0.4, -0.2) is 47.1 Å². The van der Waals surface area contributed by atoms with Crippen LogP contribution in [0.2, 0.25) is 0 Å². The van der Waals surface area contributed by atoms with Crippen LogP contribution in [0.3, 0.4) is 0 Å². The lowest BCUT2D eigenvalue weighted by molar-refractivity contribution is 0.0944. The Hall–Kier alpha value is -4.39. The molecule has 0 saturated heterocycles. The summed E-state index contributed by atoms with van der Waals surface area (Å²) in [5, 5.41) is 8.88. The molecule has 2 aromatic heterocycles. The maximum atomic E-state index is 13.3. The molecule has 6 rings (SSSR count). The number of rotatable bonds is 8. The molecular weight excluding hydrogens is 496 g/mol. The molecule has 2 heterocycles. The lowest BCUT2D eigenvalue weighted by atomic mass is 9.86. The minimum absolute atomic E-state index is 0.00374. The maximum Gasteiger partial charge on any atom is 0.253 e. The van der Waals surface area contributed by atoms with Gasteiger partial charge in [-0.25, -0.2) is 4.98 Å². The summed E-state index contributed by atoms with van der Waals surface area (Å²) in [6.45, 7) is 1.43. The largest absolute Gasteiger partial charge is 0.362 e. The van der Waals surface area contributed by atoms with Gasteiger partial charge in [0.2, 0.25) is 5.95 Å². The molecule has 0 atom stereocenters. The molecule has 1 amide bonds. The number of nitrogens with zero attached hydrogens (tertiary/aromatic N) is 4. The molecule has 1 aliphatic carbocycles. The average molecular weight is 533 g/mol. The number of hydrogen-bond donors (Lipinski definition) is 2. The van der Waals surface area contributed by atoms with Crippen LogP contribution in [0.15, 0.2) is 85.1 Å². The van der Waals surface area contributed by atoms with E-state index in [9.17, 15) is 4.79 Å². The number of hydrogen-bond acceptors (Lipinski definition) is 5. The molecule has 0 bridgehead atoms. The zero-order valence-corrected chi connectivity index (χ0v) is 23.2. The lowest BCUT2D eigenvalue weighted by Gasteiger charge is -2.29. The summed E-state index contributed by atoms with van der Waals surface area (Å²) in [6, 6.07) is 27.0. The number of carbonyl (C=O) groups excluding carboxylic acids is 1. The lowest BCUT2D eigenvalue weighted by Crippen LogP contribution is -2.34. The van der Waals surface area contributed by atoms with Crippen molar-refractivity contribution in [3.05, 3.63) is 96.2 Å². The predicted molar refractivity (Wildman–Crippen MR) is 163 cm³/mol. The Labute approximate surface area is 235 Å². The number of anilines is 2. The van der Waals surface area contributed by atoms with Crippen molar-refractivity contribution in [1.82, 2.24) is 19.9 Å². The molecule has 204 valence electrons. The van der Waals surface area contributed by atoms with Crippen molar-refractivity contribution in [2.45, 2.75) is 38.3 Å². The van der Waals surface area contributed by atoms with Gasteiger partial charge in [0.25, 0.3) is 5.91 Å². The molecule has 0 radical (unpaired) electrons. The first kappa shape index (κ1) is 25.9. The Morgan fingerprint density at radius 3 is 2.35 bits per heavy atom.